The molecule has 0 rings (SSSR count). The number of rotatable bonds is 3. The van der Waals surface area contributed by atoms with E-state index in [0.717, 1.165) is 0 Å². The fraction of sp³-hybridized carbons (Fsp3) is 0.750. The molecule has 0 aliphatic heterocycles. The Balaban J connectivity index is 4.22. The molecule has 0 aromatic heterocycles. The number of carbonyl (C=O) groups is 2. The molecule has 0 saturated carbocycles. The number of amides is 2. The van der Waals surface area contributed by atoms with Crippen LogP contribution in [0.4, 0.5) is 4.79 Å². The van der Waals surface area contributed by atoms with Crippen LogP contribution in [0.25, 0.3) is 0 Å². The number of hydrogen-bond donors (Lipinski definition) is 2. The lowest BCUT2D eigenvalue weighted by molar-refractivity contribution is -0.137. The van der Waals surface area contributed by atoms with Gasteiger partial charge in [0.15, 0.2) is 0 Å². The van der Waals surface area contributed by atoms with Crippen LogP contribution in [0.2, 0.25) is 0 Å². The molecule has 0 aromatic carbocycles. The third-order valence-corrected chi connectivity index (χ3v) is 1.67. The molecule has 2 amide bonds. The first-order valence-corrected chi connectivity index (χ1v) is 3.96. The van der Waals surface area contributed by atoms with Gasteiger partial charge in [-0.1, -0.05) is 0 Å². The quantitative estimate of drug-likeness (QED) is 0.672. The Hall–Kier alpha value is -1.26. The summed E-state index contributed by atoms with van der Waals surface area (Å²) >= 11 is 0. The van der Waals surface area contributed by atoms with E-state index < -0.39 is 11.5 Å². The Labute approximate surface area is 77.7 Å². The Morgan fingerprint density at radius 2 is 1.85 bits per heavy atom. The zero-order valence-electron chi connectivity index (χ0n) is 8.42. The van der Waals surface area contributed by atoms with Gasteiger partial charge in [0, 0.05) is 20.6 Å². The Morgan fingerprint density at radius 1 is 1.38 bits per heavy atom. The van der Waals surface area contributed by atoms with Crippen LogP contribution in [-0.4, -0.2) is 42.6 Å². The Bertz CT molecular complexity index is 211. The van der Waals surface area contributed by atoms with Crippen molar-refractivity contribution in [1.82, 2.24) is 10.2 Å². The first kappa shape index (κ1) is 11.7. The molecule has 0 fully saturated rings. The van der Waals surface area contributed by atoms with E-state index in [4.69, 9.17) is 5.11 Å². The SMILES string of the molecule is CN(C)C(=O)C(C)(C)CNC(=O)O. The molecular weight excluding hydrogens is 172 g/mol. The van der Waals surface area contributed by atoms with Gasteiger partial charge in [-0.15, -0.1) is 0 Å². The summed E-state index contributed by atoms with van der Waals surface area (Å²) in [6, 6.07) is 0. The fourth-order valence-corrected chi connectivity index (χ4v) is 0.978. The summed E-state index contributed by atoms with van der Waals surface area (Å²) in [7, 11) is 3.29. The first-order chi connectivity index (χ1) is 5.77. The van der Waals surface area contributed by atoms with Crippen molar-refractivity contribution in [3.05, 3.63) is 0 Å². The Kier molecular flexibility index (Phi) is 3.71. The summed E-state index contributed by atoms with van der Waals surface area (Å²) in [5, 5.41) is 10.6. The van der Waals surface area contributed by atoms with Crippen molar-refractivity contribution in [2.45, 2.75) is 13.8 Å². The number of nitrogens with one attached hydrogen (secondary N) is 1. The molecule has 76 valence electrons. The van der Waals surface area contributed by atoms with Crippen molar-refractivity contribution < 1.29 is 14.7 Å². The summed E-state index contributed by atoms with van der Waals surface area (Å²) < 4.78 is 0. The lowest BCUT2D eigenvalue weighted by Crippen LogP contribution is -2.44. The van der Waals surface area contributed by atoms with Gasteiger partial charge in [-0.25, -0.2) is 4.79 Å². The van der Waals surface area contributed by atoms with E-state index in [0.29, 0.717) is 0 Å². The smallest absolute Gasteiger partial charge is 0.404 e. The van der Waals surface area contributed by atoms with Crippen LogP contribution in [0.15, 0.2) is 0 Å². The second-order valence-electron chi connectivity index (χ2n) is 3.74. The average molecular weight is 188 g/mol. The van der Waals surface area contributed by atoms with Gasteiger partial charge >= 0.3 is 6.09 Å². The largest absolute Gasteiger partial charge is 0.465 e. The van der Waals surface area contributed by atoms with Crippen LogP contribution in [0.3, 0.4) is 0 Å². The number of carbonyl (C=O) groups excluding carboxylic acids is 1. The van der Waals surface area contributed by atoms with E-state index in [1.807, 2.05) is 0 Å². The monoisotopic (exact) mass is 188 g/mol. The topological polar surface area (TPSA) is 69.6 Å². The van der Waals surface area contributed by atoms with Gasteiger partial charge in [0.25, 0.3) is 0 Å². The number of nitrogens with zero attached hydrogens (tertiary/aromatic N) is 1. The zero-order chi connectivity index (χ0) is 10.6. The molecule has 0 heterocycles. The minimum absolute atomic E-state index is 0.0961. The Morgan fingerprint density at radius 3 is 2.15 bits per heavy atom. The van der Waals surface area contributed by atoms with E-state index in [9.17, 15) is 9.59 Å². The van der Waals surface area contributed by atoms with Crippen LogP contribution in [0, 0.1) is 5.41 Å². The summed E-state index contributed by atoms with van der Waals surface area (Å²) in [5.74, 6) is -0.0961. The standard InChI is InChI=1S/C8H16N2O3/c1-8(2,5-9-7(12)13)6(11)10(3)4/h9H,5H2,1-4H3,(H,12,13). The highest BCUT2D eigenvalue weighted by Gasteiger charge is 2.29. The number of hydrogen-bond acceptors (Lipinski definition) is 2. The molecule has 0 bridgehead atoms. The minimum Gasteiger partial charge on any atom is -0.465 e. The van der Waals surface area contributed by atoms with Crippen LogP contribution < -0.4 is 5.32 Å². The van der Waals surface area contributed by atoms with E-state index in [1.54, 1.807) is 27.9 Å². The minimum atomic E-state index is -1.11. The first-order valence-electron chi connectivity index (χ1n) is 3.96. The third-order valence-electron chi connectivity index (χ3n) is 1.67. The predicted octanol–water partition coefficient (Wildman–Crippen LogP) is 0.368. The van der Waals surface area contributed by atoms with E-state index >= 15 is 0 Å². The lowest BCUT2D eigenvalue weighted by atomic mass is 9.92. The van der Waals surface area contributed by atoms with Gasteiger partial charge in [0.1, 0.15) is 0 Å². The molecule has 5 nitrogen and oxygen atoms in total. The van der Waals surface area contributed by atoms with Crippen molar-refractivity contribution in [2.75, 3.05) is 20.6 Å². The molecule has 0 spiro atoms. The molecule has 13 heavy (non-hydrogen) atoms. The normalized spacial score (nSPS) is 10.8. The van der Waals surface area contributed by atoms with Crippen LogP contribution in [0.1, 0.15) is 13.8 Å². The molecule has 0 unspecified atom stereocenters. The molecular formula is C8H16N2O3. The van der Waals surface area contributed by atoms with Gasteiger partial charge in [0.2, 0.25) is 5.91 Å². The van der Waals surface area contributed by atoms with Gasteiger partial charge in [-0.3, -0.25) is 4.79 Å². The van der Waals surface area contributed by atoms with Crippen LogP contribution in [0.5, 0.6) is 0 Å². The third kappa shape index (κ3) is 3.78. The summed E-state index contributed by atoms with van der Waals surface area (Å²) in [6.07, 6.45) is -1.11. The molecule has 0 saturated heterocycles. The summed E-state index contributed by atoms with van der Waals surface area (Å²) in [4.78, 5) is 23.1. The van der Waals surface area contributed by atoms with E-state index in [-0.39, 0.29) is 12.5 Å². The van der Waals surface area contributed by atoms with Gasteiger partial charge in [0.05, 0.1) is 5.41 Å². The van der Waals surface area contributed by atoms with Crippen LogP contribution >= 0.6 is 0 Å². The molecule has 5 heteroatoms. The van der Waals surface area contributed by atoms with Gasteiger partial charge < -0.3 is 15.3 Å². The molecule has 2 N–H and O–H groups in total. The highest BCUT2D eigenvalue weighted by molar-refractivity contribution is 5.82. The predicted molar refractivity (Wildman–Crippen MR) is 48.5 cm³/mol. The van der Waals surface area contributed by atoms with Gasteiger partial charge in [-0.05, 0) is 13.8 Å². The van der Waals surface area contributed by atoms with Crippen LogP contribution in [-0.2, 0) is 4.79 Å². The molecule has 0 aliphatic rings. The summed E-state index contributed by atoms with van der Waals surface area (Å²) in [6.45, 7) is 3.52. The maximum Gasteiger partial charge on any atom is 0.404 e. The zero-order valence-corrected chi connectivity index (χ0v) is 8.42. The number of carboxylic acid groups (broad SMARTS) is 1. The van der Waals surface area contributed by atoms with Crippen molar-refractivity contribution in [2.24, 2.45) is 5.41 Å². The van der Waals surface area contributed by atoms with E-state index in [2.05, 4.69) is 5.32 Å². The van der Waals surface area contributed by atoms with Crippen molar-refractivity contribution in [1.29, 1.82) is 0 Å². The maximum atomic E-state index is 11.5. The maximum absolute atomic E-state index is 11.5. The second-order valence-corrected chi connectivity index (χ2v) is 3.74. The van der Waals surface area contributed by atoms with Crippen molar-refractivity contribution in [3.63, 3.8) is 0 Å². The molecule has 0 aromatic rings. The molecule has 0 atom stereocenters. The average Bonchev–Trinajstić information content (AvgIpc) is 1.99. The van der Waals surface area contributed by atoms with Crippen molar-refractivity contribution in [3.8, 4) is 0 Å². The fourth-order valence-electron chi connectivity index (χ4n) is 0.978. The lowest BCUT2D eigenvalue weighted by Gasteiger charge is -2.26. The van der Waals surface area contributed by atoms with Crippen molar-refractivity contribution >= 4 is 12.0 Å². The molecule has 0 aliphatic carbocycles. The van der Waals surface area contributed by atoms with Gasteiger partial charge in [-0.2, -0.15) is 0 Å². The van der Waals surface area contributed by atoms with E-state index in [1.165, 1.54) is 4.90 Å². The highest BCUT2D eigenvalue weighted by atomic mass is 16.4. The molecule has 0 radical (unpaired) electrons. The second kappa shape index (κ2) is 4.11. The summed E-state index contributed by atoms with van der Waals surface area (Å²) in [5.41, 5.74) is -0.693. The highest BCUT2D eigenvalue weighted by Crippen LogP contribution is 2.15.